The Morgan fingerprint density at radius 1 is 1.33 bits per heavy atom. The third kappa shape index (κ3) is 4.05. The summed E-state index contributed by atoms with van der Waals surface area (Å²) in [5.74, 6) is -0.678. The van der Waals surface area contributed by atoms with Gasteiger partial charge in [0.25, 0.3) is 0 Å². The first-order chi connectivity index (χ1) is 8.36. The third-order valence-electron chi connectivity index (χ3n) is 2.13. The number of halogens is 1. The van der Waals surface area contributed by atoms with Gasteiger partial charge < -0.3 is 11.1 Å². The minimum atomic E-state index is -3.64. The summed E-state index contributed by atoms with van der Waals surface area (Å²) in [6.07, 6.45) is 0. The van der Waals surface area contributed by atoms with Crippen LogP contribution in [0.25, 0.3) is 0 Å². The van der Waals surface area contributed by atoms with Crippen LogP contribution in [0.2, 0.25) is 0 Å². The zero-order chi connectivity index (χ0) is 13.8. The number of hydrogen-bond acceptors (Lipinski definition) is 4. The quantitative estimate of drug-likeness (QED) is 0.639. The number of primary amides is 1. The molecule has 0 atom stereocenters. The molecule has 6 nitrogen and oxygen atoms in total. The number of likely N-dealkylation sites (N-methyl/N-ethyl adjacent to an activating group) is 1. The summed E-state index contributed by atoms with van der Waals surface area (Å²) in [5, 5.41) is 2.82. The van der Waals surface area contributed by atoms with E-state index in [1.54, 1.807) is 7.05 Å². The highest BCUT2D eigenvalue weighted by atomic mass is 79.9. The fourth-order valence-corrected chi connectivity index (χ4v) is 3.00. The Morgan fingerprint density at radius 3 is 2.56 bits per heavy atom. The van der Waals surface area contributed by atoms with Crippen LogP contribution in [0, 0.1) is 0 Å². The number of amides is 1. The van der Waals surface area contributed by atoms with Gasteiger partial charge in [-0.1, -0.05) is 15.9 Å². The van der Waals surface area contributed by atoms with Gasteiger partial charge in [-0.05, 0) is 25.2 Å². The molecule has 1 amide bonds. The van der Waals surface area contributed by atoms with Gasteiger partial charge in [0.2, 0.25) is 15.9 Å². The molecule has 0 heterocycles. The van der Waals surface area contributed by atoms with E-state index < -0.39 is 15.9 Å². The highest BCUT2D eigenvalue weighted by Crippen LogP contribution is 2.19. The van der Waals surface area contributed by atoms with E-state index in [4.69, 9.17) is 5.73 Å². The predicted octanol–water partition coefficient (Wildman–Crippen LogP) is 0.0457. The van der Waals surface area contributed by atoms with E-state index in [2.05, 4.69) is 26.0 Å². The molecule has 100 valence electrons. The first kappa shape index (κ1) is 15.1. The van der Waals surface area contributed by atoms with Gasteiger partial charge in [0.15, 0.2) is 0 Å². The Labute approximate surface area is 114 Å². The molecule has 4 N–H and O–H groups in total. The molecule has 18 heavy (non-hydrogen) atoms. The maximum atomic E-state index is 11.9. The van der Waals surface area contributed by atoms with Crippen LogP contribution < -0.4 is 15.8 Å². The number of carbonyl (C=O) groups is 1. The third-order valence-corrected chi connectivity index (χ3v) is 4.03. The van der Waals surface area contributed by atoms with Crippen molar-refractivity contribution in [2.24, 2.45) is 5.73 Å². The van der Waals surface area contributed by atoms with Gasteiger partial charge in [0.1, 0.15) is 0 Å². The summed E-state index contributed by atoms with van der Waals surface area (Å²) >= 11 is 3.14. The van der Waals surface area contributed by atoms with E-state index >= 15 is 0 Å². The number of benzene rings is 1. The molecule has 1 aromatic rings. The first-order valence-corrected chi connectivity index (χ1v) is 7.39. The second-order valence-corrected chi connectivity index (χ2v) is 6.22. The average Bonchev–Trinajstić information content (AvgIpc) is 2.28. The lowest BCUT2D eigenvalue weighted by atomic mass is 10.2. The van der Waals surface area contributed by atoms with Crippen molar-refractivity contribution in [2.45, 2.75) is 4.90 Å². The Balaban J connectivity index is 3.05. The second kappa shape index (κ2) is 6.28. The number of nitrogens with two attached hydrogens (primary N) is 1. The summed E-state index contributed by atoms with van der Waals surface area (Å²) in [7, 11) is -1.92. The van der Waals surface area contributed by atoms with Crippen LogP contribution in [0.1, 0.15) is 10.4 Å². The summed E-state index contributed by atoms with van der Waals surface area (Å²) < 4.78 is 26.7. The van der Waals surface area contributed by atoms with Crippen LogP contribution in [0.4, 0.5) is 0 Å². The zero-order valence-corrected chi connectivity index (χ0v) is 12.1. The molecule has 0 saturated heterocycles. The maximum Gasteiger partial charge on any atom is 0.248 e. The van der Waals surface area contributed by atoms with Gasteiger partial charge >= 0.3 is 0 Å². The predicted molar refractivity (Wildman–Crippen MR) is 71.8 cm³/mol. The van der Waals surface area contributed by atoms with Gasteiger partial charge in [0, 0.05) is 23.1 Å². The van der Waals surface area contributed by atoms with Crippen molar-refractivity contribution in [2.75, 3.05) is 20.1 Å². The molecule has 1 aromatic carbocycles. The lowest BCUT2D eigenvalue weighted by Crippen LogP contribution is -2.30. The van der Waals surface area contributed by atoms with E-state index in [-0.39, 0.29) is 17.0 Å². The molecule has 0 aliphatic heterocycles. The molecule has 0 radical (unpaired) electrons. The summed E-state index contributed by atoms with van der Waals surface area (Å²) in [6.45, 7) is 0.771. The van der Waals surface area contributed by atoms with Crippen LogP contribution in [0.5, 0.6) is 0 Å². The Morgan fingerprint density at radius 2 is 2.00 bits per heavy atom. The van der Waals surface area contributed by atoms with E-state index in [0.29, 0.717) is 11.0 Å². The van der Waals surface area contributed by atoms with Gasteiger partial charge in [-0.3, -0.25) is 4.79 Å². The van der Waals surface area contributed by atoms with Crippen molar-refractivity contribution >= 4 is 31.9 Å². The molecule has 0 fully saturated rings. The van der Waals surface area contributed by atoms with E-state index in [1.807, 2.05) is 0 Å². The largest absolute Gasteiger partial charge is 0.366 e. The van der Waals surface area contributed by atoms with Crippen molar-refractivity contribution in [1.82, 2.24) is 10.0 Å². The monoisotopic (exact) mass is 335 g/mol. The normalized spacial score (nSPS) is 11.4. The molecule has 0 aromatic heterocycles. The molecule has 0 saturated carbocycles. The van der Waals surface area contributed by atoms with Gasteiger partial charge in [-0.2, -0.15) is 0 Å². The van der Waals surface area contributed by atoms with Crippen LogP contribution >= 0.6 is 15.9 Å². The Kier molecular flexibility index (Phi) is 5.27. The lowest BCUT2D eigenvalue weighted by molar-refractivity contribution is 0.1000. The number of carbonyl (C=O) groups excluding carboxylic acids is 1. The number of rotatable bonds is 6. The van der Waals surface area contributed by atoms with Crippen molar-refractivity contribution in [1.29, 1.82) is 0 Å². The highest BCUT2D eigenvalue weighted by Gasteiger charge is 2.16. The Hall–Kier alpha value is -0.960. The molecule has 1 rings (SSSR count). The number of sulfonamides is 1. The molecule has 0 unspecified atom stereocenters. The van der Waals surface area contributed by atoms with E-state index in [0.717, 1.165) is 0 Å². The fraction of sp³-hybridized carbons (Fsp3) is 0.300. The van der Waals surface area contributed by atoms with Crippen LogP contribution in [0.15, 0.2) is 27.6 Å². The molecule has 0 bridgehead atoms. The first-order valence-electron chi connectivity index (χ1n) is 5.11. The average molecular weight is 336 g/mol. The van der Waals surface area contributed by atoms with Crippen LogP contribution in [0.3, 0.4) is 0 Å². The second-order valence-electron chi connectivity index (χ2n) is 3.54. The van der Waals surface area contributed by atoms with Crippen molar-refractivity contribution in [3.8, 4) is 0 Å². The topological polar surface area (TPSA) is 101 Å². The minimum Gasteiger partial charge on any atom is -0.366 e. The zero-order valence-electron chi connectivity index (χ0n) is 9.73. The van der Waals surface area contributed by atoms with Crippen molar-refractivity contribution in [3.63, 3.8) is 0 Å². The van der Waals surface area contributed by atoms with Crippen molar-refractivity contribution < 1.29 is 13.2 Å². The summed E-state index contributed by atoms with van der Waals surface area (Å²) in [4.78, 5) is 11.1. The fourth-order valence-electron chi connectivity index (χ4n) is 1.25. The minimum absolute atomic E-state index is 0.00165. The van der Waals surface area contributed by atoms with Gasteiger partial charge in [-0.15, -0.1) is 0 Å². The molecule has 0 aliphatic rings. The summed E-state index contributed by atoms with van der Waals surface area (Å²) in [6, 6.07) is 4.12. The number of hydrogen-bond donors (Lipinski definition) is 3. The molecule has 0 spiro atoms. The molecular formula is C10H14BrN3O3S. The van der Waals surface area contributed by atoms with Crippen LogP contribution in [-0.2, 0) is 10.0 Å². The van der Waals surface area contributed by atoms with Gasteiger partial charge in [-0.25, -0.2) is 13.1 Å². The van der Waals surface area contributed by atoms with Crippen LogP contribution in [-0.4, -0.2) is 34.5 Å². The molecular weight excluding hydrogens is 322 g/mol. The van der Waals surface area contributed by atoms with E-state index in [9.17, 15) is 13.2 Å². The number of nitrogens with one attached hydrogen (secondary N) is 2. The maximum absolute atomic E-state index is 11.9. The Bertz CT molecular complexity index is 545. The summed E-state index contributed by atoms with van der Waals surface area (Å²) in [5.41, 5.74) is 5.27. The standard InChI is InChI=1S/C10H14BrN3O3S/c1-13-2-3-14-18(16,17)9-5-7(10(12)15)4-8(11)6-9/h4-6,13-14H,2-3H2,1H3,(H2,12,15). The van der Waals surface area contributed by atoms with Crippen molar-refractivity contribution in [3.05, 3.63) is 28.2 Å². The van der Waals surface area contributed by atoms with Gasteiger partial charge in [0.05, 0.1) is 4.90 Å². The van der Waals surface area contributed by atoms with E-state index in [1.165, 1.54) is 18.2 Å². The SMILES string of the molecule is CNCCNS(=O)(=O)c1cc(Br)cc(C(N)=O)c1. The lowest BCUT2D eigenvalue weighted by Gasteiger charge is -2.08. The highest BCUT2D eigenvalue weighted by molar-refractivity contribution is 9.10. The molecule has 8 heteroatoms. The smallest absolute Gasteiger partial charge is 0.248 e. The molecule has 0 aliphatic carbocycles.